The van der Waals surface area contributed by atoms with E-state index in [-0.39, 0.29) is 17.8 Å². The highest BCUT2D eigenvalue weighted by molar-refractivity contribution is 6.06. The van der Waals surface area contributed by atoms with Gasteiger partial charge in [-0.3, -0.25) is 9.78 Å². The van der Waals surface area contributed by atoms with Crippen LogP contribution in [0.25, 0.3) is 6.08 Å². The van der Waals surface area contributed by atoms with Crippen LogP contribution in [0.5, 0.6) is 0 Å². The third-order valence-corrected chi connectivity index (χ3v) is 5.44. The molecule has 1 amide bonds. The average molecular weight is 457 g/mol. The summed E-state index contributed by atoms with van der Waals surface area (Å²) in [5.74, 6) is -0.424. The monoisotopic (exact) mass is 456 g/mol. The van der Waals surface area contributed by atoms with E-state index in [1.807, 2.05) is 61.5 Å². The number of para-hydroxylation sites is 1. The van der Waals surface area contributed by atoms with Crippen molar-refractivity contribution < 1.29 is 14.3 Å². The summed E-state index contributed by atoms with van der Waals surface area (Å²) in [4.78, 5) is 32.0. The molecule has 0 unspecified atom stereocenters. The maximum absolute atomic E-state index is 13.7. The lowest BCUT2D eigenvalue weighted by molar-refractivity contribution is -0.137. The standard InChI is InChI=1S/C29H32N2O3/c1-4-5-20-34-27(32)18-17-24-14-11-15-25(22(2)3)28(24)31(21-23-12-7-6-8-13-23)29(33)26-16-9-10-19-30-26/h6-19,22H,4-5,20-21H2,1-3H3/b18-17+. The molecular weight excluding hydrogens is 424 g/mol. The van der Waals surface area contributed by atoms with Crippen LogP contribution >= 0.6 is 0 Å². The van der Waals surface area contributed by atoms with Crippen molar-refractivity contribution in [2.24, 2.45) is 0 Å². The Bertz CT molecular complexity index is 1110. The van der Waals surface area contributed by atoms with Gasteiger partial charge in [-0.1, -0.05) is 81.8 Å². The zero-order valence-corrected chi connectivity index (χ0v) is 20.1. The van der Waals surface area contributed by atoms with Crippen LogP contribution in [0, 0.1) is 0 Å². The van der Waals surface area contributed by atoms with E-state index in [1.165, 1.54) is 6.08 Å². The molecule has 0 aliphatic rings. The third-order valence-electron chi connectivity index (χ3n) is 5.44. The van der Waals surface area contributed by atoms with Crippen molar-refractivity contribution >= 4 is 23.6 Å². The van der Waals surface area contributed by atoms with Gasteiger partial charge in [-0.15, -0.1) is 0 Å². The zero-order chi connectivity index (χ0) is 24.3. The van der Waals surface area contributed by atoms with Crippen molar-refractivity contribution in [1.29, 1.82) is 0 Å². The molecule has 0 N–H and O–H groups in total. The lowest BCUT2D eigenvalue weighted by Crippen LogP contribution is -2.32. The predicted molar refractivity (Wildman–Crippen MR) is 137 cm³/mol. The van der Waals surface area contributed by atoms with Crippen molar-refractivity contribution in [2.45, 2.75) is 46.1 Å². The number of ether oxygens (including phenoxy) is 1. The number of rotatable bonds is 10. The maximum atomic E-state index is 13.7. The first-order chi connectivity index (χ1) is 16.5. The number of carbonyl (C=O) groups excluding carboxylic acids is 2. The molecule has 3 rings (SSSR count). The Morgan fingerprint density at radius 2 is 1.76 bits per heavy atom. The summed E-state index contributed by atoms with van der Waals surface area (Å²) in [6.45, 7) is 7.01. The molecule has 0 aliphatic heterocycles. The van der Waals surface area contributed by atoms with Crippen molar-refractivity contribution in [3.8, 4) is 0 Å². The largest absolute Gasteiger partial charge is 0.463 e. The number of pyridine rings is 1. The van der Waals surface area contributed by atoms with Crippen molar-refractivity contribution in [1.82, 2.24) is 4.98 Å². The van der Waals surface area contributed by atoms with Crippen LogP contribution in [0.15, 0.2) is 79.0 Å². The number of nitrogens with zero attached hydrogens (tertiary/aromatic N) is 2. The molecule has 2 aromatic carbocycles. The molecule has 0 fully saturated rings. The topological polar surface area (TPSA) is 59.5 Å². The summed E-state index contributed by atoms with van der Waals surface area (Å²) in [5.41, 5.74) is 3.93. The highest BCUT2D eigenvalue weighted by Crippen LogP contribution is 2.34. The molecule has 0 saturated carbocycles. The summed E-state index contributed by atoms with van der Waals surface area (Å²) < 4.78 is 5.28. The molecule has 0 saturated heterocycles. The Kier molecular flexibility index (Phi) is 9.15. The Morgan fingerprint density at radius 1 is 1.00 bits per heavy atom. The molecule has 5 nitrogen and oxygen atoms in total. The smallest absolute Gasteiger partial charge is 0.330 e. The second-order valence-electron chi connectivity index (χ2n) is 8.39. The van der Waals surface area contributed by atoms with Gasteiger partial charge in [0, 0.05) is 12.3 Å². The summed E-state index contributed by atoms with van der Waals surface area (Å²) in [7, 11) is 0. The van der Waals surface area contributed by atoms with E-state index in [1.54, 1.807) is 29.3 Å². The fraction of sp³-hybridized carbons (Fsp3) is 0.276. The number of amides is 1. The molecule has 1 aromatic heterocycles. The molecule has 3 aromatic rings. The van der Waals surface area contributed by atoms with Gasteiger partial charge in [0.05, 0.1) is 18.8 Å². The van der Waals surface area contributed by atoms with Gasteiger partial charge < -0.3 is 9.64 Å². The number of esters is 1. The number of anilines is 1. The third kappa shape index (κ3) is 6.64. The minimum atomic E-state index is -0.389. The van der Waals surface area contributed by atoms with E-state index in [9.17, 15) is 9.59 Å². The summed E-state index contributed by atoms with van der Waals surface area (Å²) >= 11 is 0. The van der Waals surface area contributed by atoms with Crippen LogP contribution in [0.1, 0.15) is 66.7 Å². The van der Waals surface area contributed by atoms with Gasteiger partial charge in [-0.2, -0.15) is 0 Å². The maximum Gasteiger partial charge on any atom is 0.330 e. The molecule has 0 atom stereocenters. The van der Waals surface area contributed by atoms with Crippen LogP contribution in [0.4, 0.5) is 5.69 Å². The van der Waals surface area contributed by atoms with Crippen molar-refractivity contribution in [3.05, 3.63) is 101 Å². The number of aromatic nitrogens is 1. The Hall–Kier alpha value is -3.73. The summed E-state index contributed by atoms with van der Waals surface area (Å²) in [5, 5.41) is 0. The summed E-state index contributed by atoms with van der Waals surface area (Å²) in [6.07, 6.45) is 6.58. The number of unbranched alkanes of at least 4 members (excludes halogenated alkanes) is 1. The van der Waals surface area contributed by atoms with Crippen LogP contribution in [0.3, 0.4) is 0 Å². The highest BCUT2D eigenvalue weighted by Gasteiger charge is 2.24. The van der Waals surface area contributed by atoms with E-state index in [4.69, 9.17) is 4.74 Å². The average Bonchev–Trinajstić information content (AvgIpc) is 2.86. The van der Waals surface area contributed by atoms with E-state index >= 15 is 0 Å². The quantitative estimate of drug-likeness (QED) is 0.201. The van der Waals surface area contributed by atoms with Gasteiger partial charge >= 0.3 is 5.97 Å². The van der Waals surface area contributed by atoms with Gasteiger partial charge in [0.2, 0.25) is 0 Å². The normalized spacial score (nSPS) is 11.1. The first kappa shape index (κ1) is 24.9. The number of hydrogen-bond donors (Lipinski definition) is 0. The fourth-order valence-electron chi connectivity index (χ4n) is 3.66. The Labute approximate surface area is 202 Å². The van der Waals surface area contributed by atoms with E-state index < -0.39 is 0 Å². The molecule has 0 bridgehead atoms. The first-order valence-corrected chi connectivity index (χ1v) is 11.8. The SMILES string of the molecule is CCCCOC(=O)/C=C/c1cccc(C(C)C)c1N(Cc1ccccc1)C(=O)c1ccccn1. The lowest BCUT2D eigenvalue weighted by Gasteiger charge is -2.28. The second-order valence-corrected chi connectivity index (χ2v) is 8.39. The molecule has 176 valence electrons. The van der Waals surface area contributed by atoms with Gasteiger partial charge in [0.25, 0.3) is 5.91 Å². The zero-order valence-electron chi connectivity index (χ0n) is 20.1. The van der Waals surface area contributed by atoms with Crippen molar-refractivity contribution in [3.63, 3.8) is 0 Å². The number of hydrogen-bond acceptors (Lipinski definition) is 4. The van der Waals surface area contributed by atoms with Gasteiger partial charge in [0.15, 0.2) is 0 Å². The van der Waals surface area contributed by atoms with E-state index in [0.29, 0.717) is 18.8 Å². The number of carbonyl (C=O) groups is 2. The molecule has 0 spiro atoms. The Balaban J connectivity index is 2.07. The van der Waals surface area contributed by atoms with Crippen LogP contribution in [0.2, 0.25) is 0 Å². The van der Waals surface area contributed by atoms with E-state index in [0.717, 1.165) is 35.2 Å². The lowest BCUT2D eigenvalue weighted by atomic mass is 9.95. The van der Waals surface area contributed by atoms with Crippen LogP contribution < -0.4 is 4.90 Å². The second kappa shape index (κ2) is 12.5. The van der Waals surface area contributed by atoms with Gasteiger partial charge in [-0.05, 0) is 47.2 Å². The molecule has 0 aliphatic carbocycles. The molecule has 1 heterocycles. The summed E-state index contributed by atoms with van der Waals surface area (Å²) in [6, 6.07) is 21.1. The molecule has 34 heavy (non-hydrogen) atoms. The molecule has 5 heteroatoms. The van der Waals surface area contributed by atoms with Gasteiger partial charge in [0.1, 0.15) is 5.69 Å². The van der Waals surface area contributed by atoms with Crippen molar-refractivity contribution in [2.75, 3.05) is 11.5 Å². The van der Waals surface area contributed by atoms with Crippen LogP contribution in [-0.4, -0.2) is 23.5 Å². The minimum absolute atomic E-state index is 0.162. The first-order valence-electron chi connectivity index (χ1n) is 11.8. The van der Waals surface area contributed by atoms with E-state index in [2.05, 4.69) is 18.8 Å². The Morgan fingerprint density at radius 3 is 2.44 bits per heavy atom. The minimum Gasteiger partial charge on any atom is -0.463 e. The predicted octanol–water partition coefficient (Wildman–Crippen LogP) is 6.41. The van der Waals surface area contributed by atoms with Crippen LogP contribution in [-0.2, 0) is 16.1 Å². The molecular formula is C29H32N2O3. The molecule has 0 radical (unpaired) electrons. The number of benzene rings is 2. The fourth-order valence-corrected chi connectivity index (χ4v) is 3.66. The van der Waals surface area contributed by atoms with Gasteiger partial charge in [-0.25, -0.2) is 4.79 Å². The highest BCUT2D eigenvalue weighted by atomic mass is 16.5.